The van der Waals surface area contributed by atoms with E-state index in [1.165, 1.54) is 25.3 Å². The zero-order chi connectivity index (χ0) is 16.3. The Hall–Kier alpha value is -2.54. The van der Waals surface area contributed by atoms with Gasteiger partial charge in [0.05, 0.1) is 13.7 Å². The molecular weight excluding hydrogens is 299 g/mol. The van der Waals surface area contributed by atoms with Gasteiger partial charge in [-0.1, -0.05) is 0 Å². The zero-order valence-corrected chi connectivity index (χ0v) is 11.5. The van der Waals surface area contributed by atoms with Crippen LogP contribution in [-0.4, -0.2) is 18.1 Å². The number of carbonyl (C=O) groups excluding carboxylic acids is 1. The molecule has 0 bridgehead atoms. The van der Waals surface area contributed by atoms with E-state index in [2.05, 4.69) is 5.32 Å². The molecule has 1 amide bonds. The third-order valence-electron chi connectivity index (χ3n) is 2.95. The van der Waals surface area contributed by atoms with Gasteiger partial charge in [0.15, 0.2) is 17.5 Å². The van der Waals surface area contributed by atoms with Crippen LogP contribution in [0.15, 0.2) is 30.3 Å². The van der Waals surface area contributed by atoms with Gasteiger partial charge >= 0.3 is 0 Å². The number of halogens is 3. The van der Waals surface area contributed by atoms with E-state index in [4.69, 9.17) is 4.74 Å². The van der Waals surface area contributed by atoms with Gasteiger partial charge in [-0.15, -0.1) is 0 Å². The third-order valence-corrected chi connectivity index (χ3v) is 2.95. The van der Waals surface area contributed by atoms with Crippen LogP contribution in [0.1, 0.15) is 15.9 Å². The van der Waals surface area contributed by atoms with E-state index in [0.29, 0.717) is 29.1 Å². The molecule has 0 unspecified atom stereocenters. The molecule has 2 aromatic rings. The topological polar surface area (TPSA) is 58.6 Å². The SMILES string of the molecule is COc1ccc(NC(=O)c2cc(F)c(F)c(F)c2)cc1CO. The molecule has 2 aromatic carbocycles. The van der Waals surface area contributed by atoms with Gasteiger partial charge in [0.1, 0.15) is 5.75 Å². The Morgan fingerprint density at radius 3 is 2.36 bits per heavy atom. The highest BCUT2D eigenvalue weighted by Crippen LogP contribution is 2.23. The van der Waals surface area contributed by atoms with Crippen LogP contribution in [0.2, 0.25) is 0 Å². The first-order valence-electron chi connectivity index (χ1n) is 6.20. The van der Waals surface area contributed by atoms with Crippen LogP contribution in [0.25, 0.3) is 0 Å². The van der Waals surface area contributed by atoms with E-state index in [1.807, 2.05) is 0 Å². The highest BCUT2D eigenvalue weighted by molar-refractivity contribution is 6.04. The van der Waals surface area contributed by atoms with Crippen molar-refractivity contribution < 1.29 is 27.8 Å². The van der Waals surface area contributed by atoms with Crippen molar-refractivity contribution in [3.8, 4) is 5.75 Å². The molecule has 0 aliphatic rings. The van der Waals surface area contributed by atoms with Gasteiger partial charge in [0.2, 0.25) is 0 Å². The fourth-order valence-electron chi connectivity index (χ4n) is 1.87. The first-order chi connectivity index (χ1) is 10.5. The Balaban J connectivity index is 2.25. The van der Waals surface area contributed by atoms with Gasteiger partial charge in [0.25, 0.3) is 5.91 Å². The lowest BCUT2D eigenvalue weighted by atomic mass is 10.1. The minimum atomic E-state index is -1.64. The summed E-state index contributed by atoms with van der Waals surface area (Å²) in [5.41, 5.74) is 0.356. The van der Waals surface area contributed by atoms with Crippen LogP contribution in [0.4, 0.5) is 18.9 Å². The van der Waals surface area contributed by atoms with Crippen molar-refractivity contribution in [2.24, 2.45) is 0 Å². The van der Waals surface area contributed by atoms with E-state index in [9.17, 15) is 23.1 Å². The number of amides is 1. The van der Waals surface area contributed by atoms with E-state index in [-0.39, 0.29) is 12.2 Å². The molecule has 22 heavy (non-hydrogen) atoms. The average Bonchev–Trinajstić information content (AvgIpc) is 2.51. The molecule has 0 spiro atoms. The summed E-state index contributed by atoms with van der Waals surface area (Å²) in [4.78, 5) is 11.9. The van der Waals surface area contributed by atoms with Crippen molar-refractivity contribution >= 4 is 11.6 Å². The first kappa shape index (κ1) is 15.8. The summed E-state index contributed by atoms with van der Waals surface area (Å²) in [7, 11) is 1.43. The van der Waals surface area contributed by atoms with Gasteiger partial charge in [-0.2, -0.15) is 0 Å². The van der Waals surface area contributed by atoms with Gasteiger partial charge in [0, 0.05) is 16.8 Å². The summed E-state index contributed by atoms with van der Waals surface area (Å²) < 4.78 is 44.1. The first-order valence-corrected chi connectivity index (χ1v) is 6.20. The fourth-order valence-corrected chi connectivity index (χ4v) is 1.87. The number of hydrogen-bond donors (Lipinski definition) is 2. The lowest BCUT2D eigenvalue weighted by molar-refractivity contribution is 0.102. The Bertz CT molecular complexity index is 696. The number of methoxy groups -OCH3 is 1. The monoisotopic (exact) mass is 311 g/mol. The molecule has 7 heteroatoms. The van der Waals surface area contributed by atoms with Crippen LogP contribution in [0.3, 0.4) is 0 Å². The quantitative estimate of drug-likeness (QED) is 0.854. The van der Waals surface area contributed by atoms with Crippen molar-refractivity contribution in [3.05, 3.63) is 58.9 Å². The molecule has 116 valence electrons. The lowest BCUT2D eigenvalue weighted by Crippen LogP contribution is -2.13. The summed E-state index contributed by atoms with van der Waals surface area (Å²) in [5, 5.41) is 11.6. The van der Waals surface area contributed by atoms with Crippen LogP contribution < -0.4 is 10.1 Å². The maximum absolute atomic E-state index is 13.1. The minimum absolute atomic E-state index is 0.292. The molecule has 0 radical (unpaired) electrons. The molecule has 0 saturated carbocycles. The fraction of sp³-hybridized carbons (Fsp3) is 0.133. The Morgan fingerprint density at radius 1 is 1.18 bits per heavy atom. The third kappa shape index (κ3) is 3.20. The number of aliphatic hydroxyl groups is 1. The number of nitrogens with one attached hydrogen (secondary N) is 1. The smallest absolute Gasteiger partial charge is 0.255 e. The highest BCUT2D eigenvalue weighted by atomic mass is 19.2. The predicted molar refractivity (Wildman–Crippen MR) is 73.2 cm³/mol. The average molecular weight is 311 g/mol. The van der Waals surface area contributed by atoms with Gasteiger partial charge in [-0.3, -0.25) is 4.79 Å². The summed E-state index contributed by atoms with van der Waals surface area (Å²) in [6.45, 7) is -0.313. The Labute approximate surface area is 124 Å². The minimum Gasteiger partial charge on any atom is -0.496 e. The lowest BCUT2D eigenvalue weighted by Gasteiger charge is -2.10. The molecule has 0 aliphatic carbocycles. The number of carbonyl (C=O) groups is 1. The molecule has 0 saturated heterocycles. The maximum atomic E-state index is 13.1. The van der Waals surface area contributed by atoms with Crippen molar-refractivity contribution in [1.82, 2.24) is 0 Å². The maximum Gasteiger partial charge on any atom is 0.255 e. The highest BCUT2D eigenvalue weighted by Gasteiger charge is 2.15. The normalized spacial score (nSPS) is 10.4. The number of rotatable bonds is 4. The molecule has 0 heterocycles. The zero-order valence-electron chi connectivity index (χ0n) is 11.5. The second-order valence-electron chi connectivity index (χ2n) is 4.39. The van der Waals surface area contributed by atoms with E-state index < -0.39 is 23.4 Å². The molecule has 0 fully saturated rings. The molecule has 0 aromatic heterocycles. The standard InChI is InChI=1S/C15H12F3NO3/c1-22-13-3-2-10(4-9(13)7-20)19-15(21)8-5-11(16)14(18)12(17)6-8/h2-6,20H,7H2,1H3,(H,19,21). The van der Waals surface area contributed by atoms with Crippen LogP contribution in [0.5, 0.6) is 5.75 Å². The molecule has 0 atom stereocenters. The van der Waals surface area contributed by atoms with E-state index >= 15 is 0 Å². The van der Waals surface area contributed by atoms with Crippen molar-refractivity contribution in [3.63, 3.8) is 0 Å². The number of hydrogen-bond acceptors (Lipinski definition) is 3. The summed E-state index contributed by atoms with van der Waals surface area (Å²) in [5.74, 6) is -4.92. The van der Waals surface area contributed by atoms with Crippen molar-refractivity contribution in [1.29, 1.82) is 0 Å². The van der Waals surface area contributed by atoms with Crippen LogP contribution in [-0.2, 0) is 6.61 Å². The van der Waals surface area contributed by atoms with Gasteiger partial charge in [-0.25, -0.2) is 13.2 Å². The second kappa shape index (κ2) is 6.48. The predicted octanol–water partition coefficient (Wildman–Crippen LogP) is 2.86. The summed E-state index contributed by atoms with van der Waals surface area (Å²) >= 11 is 0. The number of benzene rings is 2. The Morgan fingerprint density at radius 2 is 1.82 bits per heavy atom. The number of aliphatic hydroxyl groups excluding tert-OH is 1. The van der Waals surface area contributed by atoms with Crippen molar-refractivity contribution in [2.75, 3.05) is 12.4 Å². The van der Waals surface area contributed by atoms with E-state index in [0.717, 1.165) is 0 Å². The molecule has 2 rings (SSSR count). The molecule has 0 aliphatic heterocycles. The molecular formula is C15H12F3NO3. The summed E-state index contributed by atoms with van der Waals surface area (Å²) in [6, 6.07) is 5.67. The van der Waals surface area contributed by atoms with E-state index in [1.54, 1.807) is 0 Å². The number of anilines is 1. The van der Waals surface area contributed by atoms with Gasteiger partial charge < -0.3 is 15.2 Å². The largest absolute Gasteiger partial charge is 0.496 e. The Kier molecular flexibility index (Phi) is 4.67. The van der Waals surface area contributed by atoms with Crippen molar-refractivity contribution in [2.45, 2.75) is 6.61 Å². The second-order valence-corrected chi connectivity index (χ2v) is 4.39. The summed E-state index contributed by atoms with van der Waals surface area (Å²) in [6.07, 6.45) is 0. The van der Waals surface area contributed by atoms with Crippen LogP contribution in [0, 0.1) is 17.5 Å². The number of ether oxygens (including phenoxy) is 1. The van der Waals surface area contributed by atoms with Crippen LogP contribution >= 0.6 is 0 Å². The molecule has 2 N–H and O–H groups in total. The van der Waals surface area contributed by atoms with Gasteiger partial charge in [-0.05, 0) is 30.3 Å². The molecule has 4 nitrogen and oxygen atoms in total.